The summed E-state index contributed by atoms with van der Waals surface area (Å²) in [6.45, 7) is -0.286. The van der Waals surface area contributed by atoms with Gasteiger partial charge in [0.1, 0.15) is 22.1 Å². The molecule has 0 saturated carbocycles. The summed E-state index contributed by atoms with van der Waals surface area (Å²) in [5, 5.41) is 12.1. The van der Waals surface area contributed by atoms with Crippen LogP contribution >= 0.6 is 23.2 Å². The van der Waals surface area contributed by atoms with Crippen LogP contribution < -0.4 is 5.32 Å². The molecule has 0 aliphatic carbocycles. The molecule has 1 unspecified atom stereocenters. The molecule has 2 rings (SSSR count). The SMILES string of the molecule is O=C(NC(CO)c1ccco1)c1cc(Cl)nc(Cl)c1. The maximum Gasteiger partial charge on any atom is 0.252 e. The number of halogens is 2. The van der Waals surface area contributed by atoms with Crippen LogP contribution in [0.1, 0.15) is 22.2 Å². The second-order valence-electron chi connectivity index (χ2n) is 3.73. The lowest BCUT2D eigenvalue weighted by Crippen LogP contribution is -2.30. The number of aromatic nitrogens is 1. The van der Waals surface area contributed by atoms with E-state index >= 15 is 0 Å². The Bertz CT molecular complexity index is 552. The Morgan fingerprint density at radius 1 is 1.42 bits per heavy atom. The van der Waals surface area contributed by atoms with Crippen LogP contribution in [0.5, 0.6) is 0 Å². The molecule has 0 aromatic carbocycles. The van der Waals surface area contributed by atoms with Crippen LogP contribution in [0.2, 0.25) is 10.3 Å². The molecular formula is C12H10Cl2N2O3. The molecule has 19 heavy (non-hydrogen) atoms. The van der Waals surface area contributed by atoms with E-state index in [4.69, 9.17) is 27.6 Å². The maximum absolute atomic E-state index is 12.0. The Morgan fingerprint density at radius 2 is 2.11 bits per heavy atom. The summed E-state index contributed by atoms with van der Waals surface area (Å²) in [6.07, 6.45) is 1.46. The second kappa shape index (κ2) is 6.06. The van der Waals surface area contributed by atoms with Crippen LogP contribution in [-0.4, -0.2) is 22.6 Å². The third-order valence-electron chi connectivity index (χ3n) is 2.40. The lowest BCUT2D eigenvalue weighted by Gasteiger charge is -2.14. The number of pyridine rings is 1. The molecule has 100 valence electrons. The Labute approximate surface area is 119 Å². The molecular weight excluding hydrogens is 291 g/mol. The van der Waals surface area contributed by atoms with Crippen LogP contribution in [0.25, 0.3) is 0 Å². The highest BCUT2D eigenvalue weighted by atomic mass is 35.5. The molecule has 0 spiro atoms. The van der Waals surface area contributed by atoms with Gasteiger partial charge in [0.2, 0.25) is 0 Å². The van der Waals surface area contributed by atoms with Crippen molar-refractivity contribution >= 4 is 29.1 Å². The molecule has 0 fully saturated rings. The van der Waals surface area contributed by atoms with Crippen LogP contribution in [0, 0.1) is 0 Å². The fourth-order valence-corrected chi connectivity index (χ4v) is 1.99. The Hall–Kier alpha value is -1.56. The quantitative estimate of drug-likeness (QED) is 0.851. The largest absolute Gasteiger partial charge is 0.467 e. The molecule has 0 radical (unpaired) electrons. The summed E-state index contributed by atoms with van der Waals surface area (Å²) in [7, 11) is 0. The van der Waals surface area contributed by atoms with E-state index in [0.717, 1.165) is 0 Å². The maximum atomic E-state index is 12.0. The van der Waals surface area contributed by atoms with Crippen molar-refractivity contribution in [3.63, 3.8) is 0 Å². The highest BCUT2D eigenvalue weighted by molar-refractivity contribution is 6.33. The molecule has 5 nitrogen and oxygen atoms in total. The molecule has 0 saturated heterocycles. The molecule has 2 heterocycles. The lowest BCUT2D eigenvalue weighted by atomic mass is 10.2. The first-order valence-corrected chi connectivity index (χ1v) is 6.14. The van der Waals surface area contributed by atoms with E-state index in [2.05, 4.69) is 10.3 Å². The summed E-state index contributed by atoms with van der Waals surface area (Å²) in [5.74, 6) is 0.0313. The Morgan fingerprint density at radius 3 is 2.63 bits per heavy atom. The number of hydrogen-bond donors (Lipinski definition) is 2. The van der Waals surface area contributed by atoms with Gasteiger partial charge in [0, 0.05) is 5.56 Å². The fraction of sp³-hybridized carbons (Fsp3) is 0.167. The molecule has 0 aliphatic rings. The highest BCUT2D eigenvalue weighted by Gasteiger charge is 2.18. The van der Waals surface area contributed by atoms with Gasteiger partial charge in [-0.2, -0.15) is 0 Å². The van der Waals surface area contributed by atoms with Gasteiger partial charge in [-0.05, 0) is 24.3 Å². The van der Waals surface area contributed by atoms with Crippen LogP contribution in [0.15, 0.2) is 34.9 Å². The minimum Gasteiger partial charge on any atom is -0.467 e. The van der Waals surface area contributed by atoms with Crippen LogP contribution in [-0.2, 0) is 0 Å². The van der Waals surface area contributed by atoms with Gasteiger partial charge in [0.05, 0.1) is 12.9 Å². The predicted octanol–water partition coefficient (Wildman–Crippen LogP) is 2.44. The number of carbonyl (C=O) groups excluding carboxylic acids is 1. The first-order valence-electron chi connectivity index (χ1n) is 5.38. The van der Waals surface area contributed by atoms with Crippen molar-refractivity contribution in [2.45, 2.75) is 6.04 Å². The van der Waals surface area contributed by atoms with E-state index < -0.39 is 11.9 Å². The van der Waals surface area contributed by atoms with Crippen LogP contribution in [0.3, 0.4) is 0 Å². The van der Waals surface area contributed by atoms with Crippen molar-refractivity contribution in [3.8, 4) is 0 Å². The van der Waals surface area contributed by atoms with E-state index in [9.17, 15) is 9.90 Å². The third kappa shape index (κ3) is 3.47. The van der Waals surface area contributed by atoms with Crippen molar-refractivity contribution < 1.29 is 14.3 Å². The number of amides is 1. The fourth-order valence-electron chi connectivity index (χ4n) is 1.53. The van der Waals surface area contributed by atoms with Crippen molar-refractivity contribution in [2.24, 2.45) is 0 Å². The average molecular weight is 301 g/mol. The molecule has 0 aliphatic heterocycles. The normalized spacial score (nSPS) is 12.2. The zero-order valence-electron chi connectivity index (χ0n) is 9.64. The summed E-state index contributed by atoms with van der Waals surface area (Å²) < 4.78 is 5.13. The first kappa shape index (κ1) is 13.9. The van der Waals surface area contributed by atoms with E-state index in [1.54, 1.807) is 12.1 Å². The standard InChI is InChI=1S/C12H10Cl2N2O3/c13-10-4-7(5-11(14)16-10)12(18)15-8(6-17)9-2-1-3-19-9/h1-5,8,17H,6H2,(H,15,18). The van der Waals surface area contributed by atoms with Crippen molar-refractivity contribution in [2.75, 3.05) is 6.61 Å². The van der Waals surface area contributed by atoms with Gasteiger partial charge < -0.3 is 14.8 Å². The molecule has 7 heteroatoms. The lowest BCUT2D eigenvalue weighted by molar-refractivity contribution is 0.0907. The minimum absolute atomic E-state index is 0.121. The van der Waals surface area contributed by atoms with Gasteiger partial charge in [-0.15, -0.1) is 0 Å². The van der Waals surface area contributed by atoms with E-state index in [1.807, 2.05) is 0 Å². The monoisotopic (exact) mass is 300 g/mol. The van der Waals surface area contributed by atoms with Crippen LogP contribution in [0.4, 0.5) is 0 Å². The molecule has 2 aromatic heterocycles. The predicted molar refractivity (Wildman–Crippen MR) is 70.3 cm³/mol. The summed E-state index contributed by atoms with van der Waals surface area (Å²) in [5.41, 5.74) is 0.259. The third-order valence-corrected chi connectivity index (χ3v) is 2.79. The smallest absolute Gasteiger partial charge is 0.252 e. The Kier molecular flexibility index (Phi) is 4.42. The van der Waals surface area contributed by atoms with Gasteiger partial charge in [-0.1, -0.05) is 23.2 Å². The van der Waals surface area contributed by atoms with Gasteiger partial charge in [0.25, 0.3) is 5.91 Å². The first-order chi connectivity index (χ1) is 9.10. The average Bonchev–Trinajstić information content (AvgIpc) is 2.88. The van der Waals surface area contributed by atoms with Crippen molar-refractivity contribution in [1.82, 2.24) is 10.3 Å². The van der Waals surface area contributed by atoms with E-state index in [1.165, 1.54) is 18.4 Å². The zero-order valence-corrected chi connectivity index (χ0v) is 11.1. The van der Waals surface area contributed by atoms with Gasteiger partial charge in [-0.3, -0.25) is 4.79 Å². The number of furan rings is 1. The number of carbonyl (C=O) groups is 1. The van der Waals surface area contributed by atoms with Crippen molar-refractivity contribution in [3.05, 3.63) is 52.2 Å². The number of nitrogens with zero attached hydrogens (tertiary/aromatic N) is 1. The topological polar surface area (TPSA) is 75.4 Å². The summed E-state index contributed by atoms with van der Waals surface area (Å²) in [4.78, 5) is 15.8. The van der Waals surface area contributed by atoms with Crippen molar-refractivity contribution in [1.29, 1.82) is 0 Å². The van der Waals surface area contributed by atoms with E-state index in [-0.39, 0.29) is 22.5 Å². The number of aliphatic hydroxyl groups is 1. The zero-order chi connectivity index (χ0) is 13.8. The molecule has 1 amide bonds. The highest BCUT2D eigenvalue weighted by Crippen LogP contribution is 2.17. The Balaban J connectivity index is 2.15. The molecule has 2 aromatic rings. The molecule has 0 bridgehead atoms. The molecule has 2 N–H and O–H groups in total. The number of rotatable bonds is 4. The molecule has 1 atom stereocenters. The summed E-state index contributed by atoms with van der Waals surface area (Å²) >= 11 is 11.4. The van der Waals surface area contributed by atoms with Gasteiger partial charge in [-0.25, -0.2) is 4.98 Å². The second-order valence-corrected chi connectivity index (χ2v) is 4.50. The van der Waals surface area contributed by atoms with Gasteiger partial charge in [0.15, 0.2) is 0 Å². The number of aliphatic hydroxyl groups excluding tert-OH is 1. The number of nitrogens with one attached hydrogen (secondary N) is 1. The summed E-state index contributed by atoms with van der Waals surface area (Å²) in [6, 6.07) is 5.48. The van der Waals surface area contributed by atoms with Gasteiger partial charge >= 0.3 is 0 Å². The van der Waals surface area contributed by atoms with E-state index in [0.29, 0.717) is 5.76 Å². The minimum atomic E-state index is -0.631. The number of hydrogen-bond acceptors (Lipinski definition) is 4.